The van der Waals surface area contributed by atoms with E-state index < -0.39 is 11.1 Å². The van der Waals surface area contributed by atoms with Gasteiger partial charge in [-0.3, -0.25) is 19.3 Å². The van der Waals surface area contributed by atoms with Crippen molar-refractivity contribution < 1.29 is 19.1 Å². The van der Waals surface area contributed by atoms with E-state index in [1.54, 1.807) is 11.0 Å². The highest BCUT2D eigenvalue weighted by molar-refractivity contribution is 8.18. The molecule has 0 aliphatic carbocycles. The number of carbonyl (C=O) groups is 3. The highest BCUT2D eigenvalue weighted by Crippen LogP contribution is 2.32. The first-order valence-corrected chi connectivity index (χ1v) is 10.2. The standard InChI is InChI=1S/C21H21N3O4S/c1-15-5-2-3-7-17(15)23-8-4-6-16(23)13-18-20(26)24(21(27)29-18)14-19(25)22-9-11-28-12-10-22/h2-8,13H,9-12,14H2,1H3/b18-13+. The Morgan fingerprint density at radius 2 is 1.90 bits per heavy atom. The van der Waals surface area contributed by atoms with E-state index in [2.05, 4.69) is 0 Å². The van der Waals surface area contributed by atoms with Gasteiger partial charge < -0.3 is 14.2 Å². The number of carbonyl (C=O) groups excluding carboxylic acids is 3. The summed E-state index contributed by atoms with van der Waals surface area (Å²) in [6.07, 6.45) is 3.62. The van der Waals surface area contributed by atoms with Crippen LogP contribution < -0.4 is 0 Å². The van der Waals surface area contributed by atoms with Crippen molar-refractivity contribution in [2.45, 2.75) is 6.92 Å². The van der Waals surface area contributed by atoms with E-state index in [9.17, 15) is 14.4 Å². The molecule has 1 aromatic heterocycles. The van der Waals surface area contributed by atoms with Crippen molar-refractivity contribution in [3.63, 3.8) is 0 Å². The fraction of sp³-hybridized carbons (Fsp3) is 0.286. The number of amides is 3. The average molecular weight is 411 g/mol. The molecule has 3 amide bonds. The maximum Gasteiger partial charge on any atom is 0.294 e. The minimum Gasteiger partial charge on any atom is -0.378 e. The van der Waals surface area contributed by atoms with Gasteiger partial charge in [0.15, 0.2) is 0 Å². The minimum absolute atomic E-state index is 0.235. The monoisotopic (exact) mass is 411 g/mol. The highest BCUT2D eigenvalue weighted by Gasteiger charge is 2.37. The minimum atomic E-state index is -0.431. The van der Waals surface area contributed by atoms with Gasteiger partial charge in [0.05, 0.1) is 18.1 Å². The van der Waals surface area contributed by atoms with Crippen LogP contribution in [-0.2, 0) is 14.3 Å². The second-order valence-electron chi connectivity index (χ2n) is 6.85. The first-order chi connectivity index (χ1) is 14.0. The van der Waals surface area contributed by atoms with Crippen LogP contribution in [0.5, 0.6) is 0 Å². The maximum atomic E-state index is 12.8. The van der Waals surface area contributed by atoms with E-state index in [4.69, 9.17) is 4.74 Å². The fourth-order valence-corrected chi connectivity index (χ4v) is 4.21. The molecule has 0 unspecified atom stereocenters. The maximum absolute atomic E-state index is 12.8. The van der Waals surface area contributed by atoms with Gasteiger partial charge in [0.25, 0.3) is 11.1 Å². The zero-order chi connectivity index (χ0) is 20.4. The van der Waals surface area contributed by atoms with Crippen molar-refractivity contribution in [1.82, 2.24) is 14.4 Å². The summed E-state index contributed by atoms with van der Waals surface area (Å²) in [5.74, 6) is -0.667. The van der Waals surface area contributed by atoms with E-state index in [0.29, 0.717) is 31.2 Å². The number of hydrogen-bond acceptors (Lipinski definition) is 5. The van der Waals surface area contributed by atoms with Gasteiger partial charge in [-0.15, -0.1) is 0 Å². The first-order valence-electron chi connectivity index (χ1n) is 9.39. The Kier molecular flexibility index (Phi) is 5.55. The Hall–Kier alpha value is -2.84. The van der Waals surface area contributed by atoms with Crippen molar-refractivity contribution in [2.75, 3.05) is 32.8 Å². The summed E-state index contributed by atoms with van der Waals surface area (Å²) in [5.41, 5.74) is 2.90. The molecule has 0 atom stereocenters. The molecular formula is C21H21N3O4S. The van der Waals surface area contributed by atoms with Crippen LogP contribution in [0.4, 0.5) is 4.79 Å². The molecule has 2 aliphatic heterocycles. The Bertz CT molecular complexity index is 991. The lowest BCUT2D eigenvalue weighted by Gasteiger charge is -2.28. The van der Waals surface area contributed by atoms with Gasteiger partial charge in [-0.05, 0) is 48.5 Å². The summed E-state index contributed by atoms with van der Waals surface area (Å²) in [7, 11) is 0. The molecule has 0 saturated carbocycles. The molecule has 0 N–H and O–H groups in total. The SMILES string of the molecule is Cc1ccccc1-n1cccc1/C=C1/SC(=O)N(CC(=O)N2CCOCC2)C1=O. The molecule has 2 aromatic rings. The van der Waals surface area contributed by atoms with Crippen molar-refractivity contribution >= 4 is 34.9 Å². The van der Waals surface area contributed by atoms with Gasteiger partial charge in [-0.2, -0.15) is 0 Å². The number of aryl methyl sites for hydroxylation is 1. The first kappa shape index (κ1) is 19.5. The molecule has 2 saturated heterocycles. The lowest BCUT2D eigenvalue weighted by molar-refractivity contribution is -0.139. The van der Waals surface area contributed by atoms with E-state index >= 15 is 0 Å². The Morgan fingerprint density at radius 3 is 2.66 bits per heavy atom. The van der Waals surface area contributed by atoms with E-state index in [1.807, 2.05) is 54.1 Å². The zero-order valence-corrected chi connectivity index (χ0v) is 16.9. The van der Waals surface area contributed by atoms with Gasteiger partial charge >= 0.3 is 0 Å². The van der Waals surface area contributed by atoms with Crippen LogP contribution in [0.25, 0.3) is 11.8 Å². The van der Waals surface area contributed by atoms with Crippen molar-refractivity contribution in [3.05, 3.63) is 58.8 Å². The number of ether oxygens (including phenoxy) is 1. The quantitative estimate of drug-likeness (QED) is 0.724. The second kappa shape index (κ2) is 8.26. The predicted octanol–water partition coefficient (Wildman–Crippen LogP) is 2.68. The third kappa shape index (κ3) is 3.99. The van der Waals surface area contributed by atoms with Crippen LogP contribution in [0.15, 0.2) is 47.5 Å². The summed E-state index contributed by atoms with van der Waals surface area (Å²) < 4.78 is 7.21. The molecule has 0 spiro atoms. The van der Waals surface area contributed by atoms with Crippen LogP contribution in [0.2, 0.25) is 0 Å². The number of aromatic nitrogens is 1. The van der Waals surface area contributed by atoms with E-state index in [-0.39, 0.29) is 12.5 Å². The number of thioether (sulfide) groups is 1. The number of rotatable bonds is 4. The number of imide groups is 1. The Balaban J connectivity index is 1.54. The summed E-state index contributed by atoms with van der Waals surface area (Å²) in [5, 5.41) is -0.420. The van der Waals surface area contributed by atoms with Gasteiger partial charge in [-0.25, -0.2) is 0 Å². The Morgan fingerprint density at radius 1 is 1.14 bits per heavy atom. The zero-order valence-electron chi connectivity index (χ0n) is 16.0. The molecular weight excluding hydrogens is 390 g/mol. The molecule has 7 nitrogen and oxygen atoms in total. The lowest BCUT2D eigenvalue weighted by Crippen LogP contribution is -2.46. The van der Waals surface area contributed by atoms with Gasteiger partial charge in [0.2, 0.25) is 5.91 Å². The molecule has 2 fully saturated rings. The molecule has 4 rings (SSSR count). The summed E-state index contributed by atoms with van der Waals surface area (Å²) >= 11 is 0.867. The second-order valence-corrected chi connectivity index (χ2v) is 7.84. The van der Waals surface area contributed by atoms with Crippen molar-refractivity contribution in [2.24, 2.45) is 0 Å². The van der Waals surface area contributed by atoms with Crippen LogP contribution in [0.3, 0.4) is 0 Å². The summed E-state index contributed by atoms with van der Waals surface area (Å²) in [4.78, 5) is 40.6. The van der Waals surface area contributed by atoms with Crippen LogP contribution >= 0.6 is 11.8 Å². The number of para-hydroxylation sites is 1. The van der Waals surface area contributed by atoms with Crippen molar-refractivity contribution in [1.29, 1.82) is 0 Å². The van der Waals surface area contributed by atoms with Crippen LogP contribution in [0, 0.1) is 6.92 Å². The molecule has 3 heterocycles. The molecule has 2 aliphatic rings. The normalized spacial score (nSPS) is 18.7. The van der Waals surface area contributed by atoms with E-state index in [0.717, 1.165) is 33.6 Å². The molecule has 0 bridgehead atoms. The number of hydrogen-bond donors (Lipinski definition) is 0. The number of benzene rings is 1. The molecule has 8 heteroatoms. The Labute approximate surface area is 172 Å². The van der Waals surface area contributed by atoms with E-state index in [1.165, 1.54) is 0 Å². The molecule has 1 aromatic carbocycles. The fourth-order valence-electron chi connectivity index (χ4n) is 3.38. The van der Waals surface area contributed by atoms with Gasteiger partial charge in [0.1, 0.15) is 6.54 Å². The topological polar surface area (TPSA) is 71.8 Å². The summed E-state index contributed by atoms with van der Waals surface area (Å²) in [6, 6.07) is 11.7. The predicted molar refractivity (Wildman–Crippen MR) is 111 cm³/mol. The largest absolute Gasteiger partial charge is 0.378 e. The third-order valence-corrected chi connectivity index (χ3v) is 5.87. The molecule has 150 valence electrons. The lowest BCUT2D eigenvalue weighted by atomic mass is 10.2. The van der Waals surface area contributed by atoms with Crippen LogP contribution in [-0.4, -0.2) is 64.3 Å². The van der Waals surface area contributed by atoms with Crippen molar-refractivity contribution in [3.8, 4) is 5.69 Å². The number of nitrogens with zero attached hydrogens (tertiary/aromatic N) is 3. The smallest absolute Gasteiger partial charge is 0.294 e. The highest BCUT2D eigenvalue weighted by atomic mass is 32.2. The van der Waals surface area contributed by atoms with Gasteiger partial charge in [-0.1, -0.05) is 18.2 Å². The van der Waals surface area contributed by atoms with Gasteiger partial charge in [0, 0.05) is 30.7 Å². The average Bonchev–Trinajstić information content (AvgIpc) is 3.29. The number of morpholine rings is 1. The van der Waals surface area contributed by atoms with Crippen LogP contribution in [0.1, 0.15) is 11.3 Å². The summed E-state index contributed by atoms with van der Waals surface area (Å²) in [6.45, 7) is 3.70. The molecule has 29 heavy (non-hydrogen) atoms. The third-order valence-electron chi connectivity index (χ3n) is 4.97. The molecule has 0 radical (unpaired) electrons.